The van der Waals surface area contributed by atoms with Crippen LogP contribution in [0.5, 0.6) is 0 Å². The highest BCUT2D eigenvalue weighted by molar-refractivity contribution is 7.41. The molecule has 1 N–H and O–H groups in total. The van der Waals surface area contributed by atoms with Crippen LogP contribution in [0, 0.1) is 13.8 Å². The van der Waals surface area contributed by atoms with E-state index in [-0.39, 0.29) is 0 Å². The molecule has 1 unspecified atom stereocenters. The molecule has 0 spiro atoms. The molecule has 0 aliphatic rings. The van der Waals surface area contributed by atoms with Gasteiger partial charge in [-0.15, -0.1) is 0 Å². The van der Waals surface area contributed by atoms with Crippen molar-refractivity contribution in [2.45, 2.75) is 39.8 Å². The van der Waals surface area contributed by atoms with Gasteiger partial charge in [0.05, 0.1) is 0 Å². The zero-order chi connectivity index (χ0) is 10.8. The summed E-state index contributed by atoms with van der Waals surface area (Å²) in [6.07, 6.45) is 0. The standard InChI is InChI=1S/C12H20NP/c1-9-7-6-8-10(2)11(9)13-14-12(3,4)5/h6-8,13-14H,1-5H3. The molecule has 1 aromatic carbocycles. The zero-order valence-corrected chi connectivity index (χ0v) is 10.7. The van der Waals surface area contributed by atoms with Gasteiger partial charge in [0.2, 0.25) is 0 Å². The van der Waals surface area contributed by atoms with Crippen molar-refractivity contribution in [3.63, 3.8) is 0 Å². The maximum Gasteiger partial charge on any atom is 0.0430 e. The van der Waals surface area contributed by atoms with Crippen molar-refractivity contribution in [1.29, 1.82) is 0 Å². The van der Waals surface area contributed by atoms with Gasteiger partial charge in [0.25, 0.3) is 0 Å². The summed E-state index contributed by atoms with van der Waals surface area (Å²) in [5, 5.41) is 3.90. The number of hydrogen-bond acceptors (Lipinski definition) is 1. The first-order valence-corrected chi connectivity index (χ1v) is 5.99. The highest BCUT2D eigenvalue weighted by Gasteiger charge is 2.10. The molecule has 0 aliphatic heterocycles. The summed E-state index contributed by atoms with van der Waals surface area (Å²) in [5.41, 5.74) is 3.98. The van der Waals surface area contributed by atoms with Crippen LogP contribution in [0.3, 0.4) is 0 Å². The topological polar surface area (TPSA) is 12.0 Å². The lowest BCUT2D eigenvalue weighted by Gasteiger charge is -2.21. The number of nitrogens with one attached hydrogen (secondary N) is 1. The fourth-order valence-corrected chi connectivity index (χ4v) is 2.16. The van der Waals surface area contributed by atoms with Crippen molar-refractivity contribution in [2.24, 2.45) is 0 Å². The van der Waals surface area contributed by atoms with E-state index in [0.29, 0.717) is 5.16 Å². The van der Waals surface area contributed by atoms with Crippen molar-refractivity contribution >= 4 is 14.4 Å². The first kappa shape index (κ1) is 11.5. The molecule has 0 saturated carbocycles. The minimum absolute atomic E-state index is 0.356. The number of aryl methyl sites for hydroxylation is 2. The molecule has 0 fully saturated rings. The van der Waals surface area contributed by atoms with E-state index in [9.17, 15) is 0 Å². The summed E-state index contributed by atoms with van der Waals surface area (Å²) in [5.74, 6) is 0. The molecule has 1 nitrogen and oxygen atoms in total. The number of anilines is 1. The van der Waals surface area contributed by atoms with E-state index in [4.69, 9.17) is 0 Å². The molecule has 0 aromatic heterocycles. The van der Waals surface area contributed by atoms with E-state index in [1.807, 2.05) is 0 Å². The summed E-state index contributed by atoms with van der Waals surface area (Å²) in [7, 11) is 0.762. The van der Waals surface area contributed by atoms with E-state index < -0.39 is 0 Å². The van der Waals surface area contributed by atoms with Gasteiger partial charge in [0, 0.05) is 5.69 Å². The third kappa shape index (κ3) is 3.31. The van der Waals surface area contributed by atoms with Crippen LogP contribution in [0.2, 0.25) is 0 Å². The fraction of sp³-hybridized carbons (Fsp3) is 0.500. The SMILES string of the molecule is Cc1cccc(C)c1NPC(C)(C)C. The molecule has 0 aliphatic carbocycles. The number of benzene rings is 1. The molecule has 1 aromatic rings. The van der Waals surface area contributed by atoms with Crippen molar-refractivity contribution < 1.29 is 0 Å². The van der Waals surface area contributed by atoms with E-state index in [0.717, 1.165) is 8.73 Å². The Labute approximate surface area is 89.1 Å². The molecule has 14 heavy (non-hydrogen) atoms. The molecule has 0 radical (unpaired) electrons. The molecule has 1 atom stereocenters. The second-order valence-corrected chi connectivity index (χ2v) is 6.77. The molecule has 0 amide bonds. The lowest BCUT2D eigenvalue weighted by Crippen LogP contribution is -2.08. The van der Waals surface area contributed by atoms with Crippen LogP contribution in [0.4, 0.5) is 5.69 Å². The highest BCUT2D eigenvalue weighted by Crippen LogP contribution is 2.33. The van der Waals surface area contributed by atoms with Gasteiger partial charge in [-0.05, 0) is 38.9 Å². The van der Waals surface area contributed by atoms with Gasteiger partial charge in [-0.3, -0.25) is 0 Å². The zero-order valence-electron chi connectivity index (χ0n) is 9.73. The number of rotatable bonds is 2. The summed E-state index contributed by atoms with van der Waals surface area (Å²) >= 11 is 0. The lowest BCUT2D eigenvalue weighted by atomic mass is 10.1. The average Bonchev–Trinajstić information content (AvgIpc) is 2.01. The highest BCUT2D eigenvalue weighted by atomic mass is 31.1. The Kier molecular flexibility index (Phi) is 3.55. The van der Waals surface area contributed by atoms with E-state index in [1.54, 1.807) is 0 Å². The van der Waals surface area contributed by atoms with E-state index in [1.165, 1.54) is 16.8 Å². The maximum absolute atomic E-state index is 3.55. The van der Waals surface area contributed by atoms with E-state index >= 15 is 0 Å². The van der Waals surface area contributed by atoms with Crippen LogP contribution >= 0.6 is 8.73 Å². The summed E-state index contributed by atoms with van der Waals surface area (Å²) in [6.45, 7) is 11.1. The molecular formula is C12H20NP. The number of para-hydroxylation sites is 1. The van der Waals surface area contributed by atoms with Crippen molar-refractivity contribution in [2.75, 3.05) is 5.09 Å². The molecule has 0 bridgehead atoms. The van der Waals surface area contributed by atoms with Gasteiger partial charge in [-0.1, -0.05) is 39.0 Å². The van der Waals surface area contributed by atoms with Gasteiger partial charge < -0.3 is 5.09 Å². The molecule has 78 valence electrons. The number of hydrogen-bond donors (Lipinski definition) is 1. The molecular weight excluding hydrogens is 189 g/mol. The Morgan fingerprint density at radius 3 is 2.00 bits per heavy atom. The minimum Gasteiger partial charge on any atom is -0.366 e. The Balaban J connectivity index is 2.77. The van der Waals surface area contributed by atoms with Crippen LogP contribution < -0.4 is 5.09 Å². The third-order valence-corrected chi connectivity index (χ3v) is 3.17. The lowest BCUT2D eigenvalue weighted by molar-refractivity contribution is 0.796. The van der Waals surface area contributed by atoms with Crippen LogP contribution in [0.15, 0.2) is 18.2 Å². The smallest absolute Gasteiger partial charge is 0.0430 e. The van der Waals surface area contributed by atoms with Gasteiger partial charge in [-0.25, -0.2) is 0 Å². The van der Waals surface area contributed by atoms with Crippen LogP contribution in [0.1, 0.15) is 31.9 Å². The quantitative estimate of drug-likeness (QED) is 0.723. The first-order chi connectivity index (χ1) is 6.40. The third-order valence-electron chi connectivity index (χ3n) is 2.04. The minimum atomic E-state index is 0.356. The Morgan fingerprint density at radius 2 is 1.57 bits per heavy atom. The Morgan fingerprint density at radius 1 is 1.07 bits per heavy atom. The van der Waals surface area contributed by atoms with Crippen LogP contribution in [-0.4, -0.2) is 5.16 Å². The van der Waals surface area contributed by atoms with Gasteiger partial charge in [0.15, 0.2) is 0 Å². The van der Waals surface area contributed by atoms with Crippen molar-refractivity contribution in [1.82, 2.24) is 0 Å². The first-order valence-electron chi connectivity index (χ1n) is 4.99. The Bertz CT molecular complexity index is 292. The fourth-order valence-electron chi connectivity index (χ4n) is 1.26. The molecule has 0 heterocycles. The van der Waals surface area contributed by atoms with Gasteiger partial charge in [0.1, 0.15) is 0 Å². The summed E-state index contributed by atoms with van der Waals surface area (Å²) in [6, 6.07) is 6.42. The largest absolute Gasteiger partial charge is 0.366 e. The normalized spacial score (nSPS) is 12.4. The molecule has 2 heteroatoms. The Hall–Kier alpha value is -0.550. The van der Waals surface area contributed by atoms with Crippen LogP contribution in [0.25, 0.3) is 0 Å². The predicted molar refractivity (Wildman–Crippen MR) is 67.6 cm³/mol. The predicted octanol–water partition coefficient (Wildman–Crippen LogP) is 4.11. The average molecular weight is 209 g/mol. The second kappa shape index (κ2) is 4.31. The van der Waals surface area contributed by atoms with Gasteiger partial charge >= 0.3 is 0 Å². The molecule has 0 saturated heterocycles. The van der Waals surface area contributed by atoms with E-state index in [2.05, 4.69) is 57.9 Å². The van der Waals surface area contributed by atoms with Crippen LogP contribution in [-0.2, 0) is 0 Å². The summed E-state index contributed by atoms with van der Waals surface area (Å²) < 4.78 is 0. The van der Waals surface area contributed by atoms with Gasteiger partial charge in [-0.2, -0.15) is 0 Å². The molecule has 1 rings (SSSR count). The monoisotopic (exact) mass is 209 g/mol. The maximum atomic E-state index is 3.55. The second-order valence-electron chi connectivity index (χ2n) is 4.77. The van der Waals surface area contributed by atoms with Crippen molar-refractivity contribution in [3.05, 3.63) is 29.3 Å². The van der Waals surface area contributed by atoms with Crippen molar-refractivity contribution in [3.8, 4) is 0 Å². The summed E-state index contributed by atoms with van der Waals surface area (Å²) in [4.78, 5) is 0.